The molecule has 0 spiro atoms. The van der Waals surface area contributed by atoms with Crippen molar-refractivity contribution in [3.05, 3.63) is 35.9 Å². The molecule has 0 saturated heterocycles. The lowest BCUT2D eigenvalue weighted by Gasteiger charge is -2.03. The van der Waals surface area contributed by atoms with Crippen LogP contribution in [-0.2, 0) is 4.74 Å². The Bertz CT molecular complexity index is 280. The van der Waals surface area contributed by atoms with Gasteiger partial charge < -0.3 is 4.74 Å². The second kappa shape index (κ2) is 6.33. The quantitative estimate of drug-likeness (QED) is 0.518. The number of aliphatic imine (C=N–C) groups is 1. The lowest BCUT2D eigenvalue weighted by atomic mass is 10.1. The number of ether oxygens (including phenoxy) is 1. The molecule has 0 aliphatic heterocycles. The summed E-state index contributed by atoms with van der Waals surface area (Å²) in [5.41, 5.74) is 2.30. The van der Waals surface area contributed by atoms with Gasteiger partial charge in [0.25, 0.3) is 0 Å². The molecule has 1 rings (SSSR count). The van der Waals surface area contributed by atoms with Gasteiger partial charge in [-0.3, -0.25) is 4.99 Å². The average Bonchev–Trinajstić information content (AvgIpc) is 2.26. The summed E-state index contributed by atoms with van der Waals surface area (Å²) < 4.78 is 5.20. The molecular formula is C12H17NO. The summed E-state index contributed by atoms with van der Waals surface area (Å²) in [6.45, 7) is 5.27. The molecule has 0 amide bonds. The first-order chi connectivity index (χ1) is 6.88. The molecule has 0 N–H and O–H groups in total. The first-order valence-corrected chi connectivity index (χ1v) is 5.05. The van der Waals surface area contributed by atoms with Gasteiger partial charge in [0.05, 0.1) is 0 Å². The molecule has 0 aliphatic carbocycles. The van der Waals surface area contributed by atoms with Crippen LogP contribution in [0.5, 0.6) is 0 Å². The fraction of sp³-hybridized carbons (Fsp3) is 0.417. The lowest BCUT2D eigenvalue weighted by Crippen LogP contribution is -2.01. The number of benzene rings is 1. The third-order valence-corrected chi connectivity index (χ3v) is 1.99. The summed E-state index contributed by atoms with van der Waals surface area (Å²) in [4.78, 5) is 4.40. The van der Waals surface area contributed by atoms with Gasteiger partial charge in [-0.05, 0) is 18.9 Å². The van der Waals surface area contributed by atoms with Crippen LogP contribution in [0, 0.1) is 0 Å². The maximum Gasteiger partial charge on any atom is 0.137 e. The van der Waals surface area contributed by atoms with E-state index in [1.807, 2.05) is 25.1 Å². The van der Waals surface area contributed by atoms with Crippen LogP contribution in [0.1, 0.15) is 25.8 Å². The average molecular weight is 191 g/mol. The molecule has 0 saturated carbocycles. The van der Waals surface area contributed by atoms with Crippen LogP contribution in [0.4, 0.5) is 0 Å². The molecule has 0 unspecified atom stereocenters. The summed E-state index contributed by atoms with van der Waals surface area (Å²) in [6, 6.07) is 10.2. The van der Waals surface area contributed by atoms with Crippen LogP contribution in [-0.4, -0.2) is 19.0 Å². The van der Waals surface area contributed by atoms with Crippen molar-refractivity contribution in [1.82, 2.24) is 0 Å². The predicted octanol–water partition coefficient (Wildman–Crippen LogP) is 2.88. The molecule has 76 valence electrons. The van der Waals surface area contributed by atoms with Crippen molar-refractivity contribution in [3.63, 3.8) is 0 Å². The predicted molar refractivity (Wildman–Crippen MR) is 59.8 cm³/mol. The Morgan fingerprint density at radius 2 is 1.93 bits per heavy atom. The molecule has 14 heavy (non-hydrogen) atoms. The van der Waals surface area contributed by atoms with Crippen LogP contribution in [0.2, 0.25) is 0 Å². The van der Waals surface area contributed by atoms with Crippen LogP contribution in [0.25, 0.3) is 0 Å². The third-order valence-electron chi connectivity index (χ3n) is 1.99. The third kappa shape index (κ3) is 3.30. The Balaban J connectivity index is 2.67. The van der Waals surface area contributed by atoms with E-state index in [0.29, 0.717) is 6.73 Å². The molecule has 0 aromatic heterocycles. The molecule has 2 nitrogen and oxygen atoms in total. The van der Waals surface area contributed by atoms with Gasteiger partial charge in [-0.1, -0.05) is 37.3 Å². The monoisotopic (exact) mass is 191 g/mol. The van der Waals surface area contributed by atoms with Crippen LogP contribution in [0.3, 0.4) is 0 Å². The van der Waals surface area contributed by atoms with Crippen molar-refractivity contribution >= 4 is 5.71 Å². The lowest BCUT2D eigenvalue weighted by molar-refractivity contribution is 0.156. The fourth-order valence-electron chi connectivity index (χ4n) is 1.25. The van der Waals surface area contributed by atoms with Crippen molar-refractivity contribution in [2.75, 3.05) is 13.3 Å². The summed E-state index contributed by atoms with van der Waals surface area (Å²) >= 11 is 0. The van der Waals surface area contributed by atoms with Crippen LogP contribution in [0.15, 0.2) is 35.3 Å². The van der Waals surface area contributed by atoms with Gasteiger partial charge in [0.1, 0.15) is 6.73 Å². The van der Waals surface area contributed by atoms with Gasteiger partial charge in [0, 0.05) is 12.3 Å². The van der Waals surface area contributed by atoms with E-state index in [2.05, 4.69) is 24.0 Å². The smallest absolute Gasteiger partial charge is 0.137 e. The van der Waals surface area contributed by atoms with E-state index in [-0.39, 0.29) is 0 Å². The molecule has 1 aromatic rings. The van der Waals surface area contributed by atoms with Crippen molar-refractivity contribution in [3.8, 4) is 0 Å². The molecule has 0 radical (unpaired) electrons. The second-order valence-corrected chi connectivity index (χ2v) is 2.95. The van der Waals surface area contributed by atoms with E-state index < -0.39 is 0 Å². The van der Waals surface area contributed by atoms with Gasteiger partial charge >= 0.3 is 0 Å². The maximum absolute atomic E-state index is 5.20. The first-order valence-electron chi connectivity index (χ1n) is 5.05. The molecule has 0 aliphatic rings. The van der Waals surface area contributed by atoms with Gasteiger partial charge in [0.15, 0.2) is 0 Å². The molecule has 2 heteroatoms. The van der Waals surface area contributed by atoms with Crippen molar-refractivity contribution in [2.45, 2.75) is 20.3 Å². The van der Waals surface area contributed by atoms with E-state index in [4.69, 9.17) is 4.74 Å². The Kier molecular flexibility index (Phi) is 4.94. The van der Waals surface area contributed by atoms with Gasteiger partial charge in [-0.25, -0.2) is 0 Å². The molecular weight excluding hydrogens is 174 g/mol. The fourth-order valence-corrected chi connectivity index (χ4v) is 1.25. The van der Waals surface area contributed by atoms with Crippen molar-refractivity contribution in [2.24, 2.45) is 4.99 Å². The van der Waals surface area contributed by atoms with Gasteiger partial charge in [-0.15, -0.1) is 0 Å². The van der Waals surface area contributed by atoms with Crippen molar-refractivity contribution in [1.29, 1.82) is 0 Å². The topological polar surface area (TPSA) is 21.6 Å². The SMILES string of the molecule is CCOCN=C(CC)c1ccccc1. The zero-order valence-electron chi connectivity index (χ0n) is 8.86. The van der Waals surface area contributed by atoms with Crippen LogP contribution < -0.4 is 0 Å². The molecule has 0 fully saturated rings. The largest absolute Gasteiger partial charge is 0.360 e. The van der Waals surface area contributed by atoms with Gasteiger partial charge in [-0.2, -0.15) is 0 Å². The molecule has 0 atom stereocenters. The summed E-state index contributed by atoms with van der Waals surface area (Å²) in [5, 5.41) is 0. The zero-order valence-corrected chi connectivity index (χ0v) is 8.86. The Morgan fingerprint density at radius 1 is 1.21 bits per heavy atom. The Hall–Kier alpha value is -1.15. The van der Waals surface area contributed by atoms with E-state index in [9.17, 15) is 0 Å². The highest BCUT2D eigenvalue weighted by Crippen LogP contribution is 2.04. The summed E-state index contributed by atoms with van der Waals surface area (Å²) in [7, 11) is 0. The molecule has 1 aromatic carbocycles. The summed E-state index contributed by atoms with van der Waals surface area (Å²) in [6.07, 6.45) is 0.942. The Morgan fingerprint density at radius 3 is 2.50 bits per heavy atom. The Labute approximate surface area is 85.6 Å². The highest BCUT2D eigenvalue weighted by molar-refractivity contribution is 6.00. The minimum atomic E-state index is 0.467. The number of nitrogens with zero attached hydrogens (tertiary/aromatic N) is 1. The normalized spacial score (nSPS) is 11.7. The van der Waals surface area contributed by atoms with Crippen LogP contribution >= 0.6 is 0 Å². The number of hydrogen-bond acceptors (Lipinski definition) is 2. The zero-order chi connectivity index (χ0) is 10.2. The van der Waals surface area contributed by atoms with Gasteiger partial charge in [0.2, 0.25) is 0 Å². The van der Waals surface area contributed by atoms with E-state index >= 15 is 0 Å². The standard InChI is InChI=1S/C12H17NO/c1-3-12(13-10-14-4-2)11-8-6-5-7-9-11/h5-9H,3-4,10H2,1-2H3. The molecule has 0 heterocycles. The van der Waals surface area contributed by atoms with E-state index in [0.717, 1.165) is 18.7 Å². The first kappa shape index (κ1) is 10.9. The van der Waals surface area contributed by atoms with E-state index in [1.54, 1.807) is 0 Å². The highest BCUT2D eigenvalue weighted by atomic mass is 16.5. The van der Waals surface area contributed by atoms with E-state index in [1.165, 1.54) is 5.56 Å². The summed E-state index contributed by atoms with van der Waals surface area (Å²) in [5.74, 6) is 0. The number of rotatable bonds is 5. The minimum absolute atomic E-state index is 0.467. The molecule has 0 bridgehead atoms. The van der Waals surface area contributed by atoms with Crippen molar-refractivity contribution < 1.29 is 4.74 Å². The maximum atomic E-state index is 5.20. The highest BCUT2D eigenvalue weighted by Gasteiger charge is 1.98. The minimum Gasteiger partial charge on any atom is -0.360 e. The second-order valence-electron chi connectivity index (χ2n) is 2.95. The number of hydrogen-bond donors (Lipinski definition) is 0.